The number of nitrogens with zero attached hydrogens (tertiary/aromatic N) is 5. The first-order valence-electron chi connectivity index (χ1n) is 35.4. The number of benzene rings is 1. The number of piperazine rings is 1. The number of aliphatic hydroxyl groups is 2. The zero-order valence-electron chi connectivity index (χ0n) is 60.1. The molecule has 8 fully saturated rings. The predicted molar refractivity (Wildman–Crippen MR) is 363 cm³/mol. The molecule has 0 radical (unpaired) electrons. The van der Waals surface area contributed by atoms with Crippen molar-refractivity contribution < 1.29 is 32.9 Å². The van der Waals surface area contributed by atoms with E-state index in [4.69, 9.17) is 14.9 Å². The Morgan fingerprint density at radius 3 is 1.34 bits per heavy atom. The van der Waals surface area contributed by atoms with Crippen molar-refractivity contribution in [3.05, 3.63) is 35.1 Å². The van der Waals surface area contributed by atoms with Gasteiger partial charge in [0.2, 0.25) is 5.92 Å². The van der Waals surface area contributed by atoms with Crippen LogP contribution in [0.2, 0.25) is 0 Å². The fourth-order valence-corrected chi connectivity index (χ4v) is 12.6. The number of ketones is 1. The number of hydrogen-bond acceptors (Lipinski definition) is 9. The van der Waals surface area contributed by atoms with Gasteiger partial charge in [-0.1, -0.05) is 121 Å². The molecular formula is C74H142F3N5O4. The second-order valence-electron chi connectivity index (χ2n) is 30.2. The van der Waals surface area contributed by atoms with Gasteiger partial charge < -0.3 is 24.7 Å². The quantitative estimate of drug-likeness (QED) is 0.213. The topological polar surface area (TPSA) is 83.0 Å². The van der Waals surface area contributed by atoms with E-state index in [2.05, 4.69) is 149 Å². The Labute approximate surface area is 530 Å². The lowest BCUT2D eigenvalue weighted by Crippen LogP contribution is -2.49. The van der Waals surface area contributed by atoms with Crippen LogP contribution in [-0.4, -0.2) is 170 Å². The lowest BCUT2D eigenvalue weighted by Gasteiger charge is -2.37. The molecule has 0 spiro atoms. The Balaban J connectivity index is 0.000000486. The molecule has 5 aliphatic carbocycles. The number of halogens is 3. The maximum absolute atomic E-state index is 12.8. The molecule has 508 valence electrons. The van der Waals surface area contributed by atoms with Crippen LogP contribution in [0, 0.1) is 71.9 Å². The van der Waals surface area contributed by atoms with Crippen LogP contribution in [0.4, 0.5) is 13.2 Å². The summed E-state index contributed by atoms with van der Waals surface area (Å²) in [6.07, 6.45) is 18.7. The Kier molecular flexibility index (Phi) is 42.9. The zero-order chi connectivity index (χ0) is 65.3. The van der Waals surface area contributed by atoms with Crippen LogP contribution in [-0.2, 0) is 9.53 Å². The summed E-state index contributed by atoms with van der Waals surface area (Å²) in [5.74, 6) is 6.19. The Hall–Kier alpha value is -1.64. The van der Waals surface area contributed by atoms with Gasteiger partial charge in [0, 0.05) is 95.7 Å². The van der Waals surface area contributed by atoms with Gasteiger partial charge in [0.15, 0.2) is 0 Å². The smallest absolute Gasteiger partial charge is 0.248 e. The first-order valence-corrected chi connectivity index (χ1v) is 35.4. The van der Waals surface area contributed by atoms with Gasteiger partial charge in [0.25, 0.3) is 0 Å². The number of aryl methyl sites for hydroxylation is 1. The minimum Gasteiger partial charge on any atom is -0.395 e. The Morgan fingerprint density at radius 2 is 1.05 bits per heavy atom. The van der Waals surface area contributed by atoms with Crippen molar-refractivity contribution in [1.82, 2.24) is 24.5 Å². The van der Waals surface area contributed by atoms with Crippen LogP contribution in [0.1, 0.15) is 251 Å². The molecule has 3 heterocycles. The molecule has 12 heteroatoms. The number of ether oxygens (including phenoxy) is 1. The fourth-order valence-electron chi connectivity index (χ4n) is 12.6. The van der Waals surface area contributed by atoms with Crippen molar-refractivity contribution in [3.8, 4) is 0 Å². The molecule has 8 aliphatic rings. The van der Waals surface area contributed by atoms with Crippen molar-refractivity contribution in [2.45, 2.75) is 283 Å². The third-order valence-electron chi connectivity index (χ3n) is 20.0. The van der Waals surface area contributed by atoms with Gasteiger partial charge in [-0.25, -0.2) is 13.2 Å². The number of carbonyl (C=O) groups is 1. The molecular weight excluding hydrogens is 1080 g/mol. The van der Waals surface area contributed by atoms with Gasteiger partial charge in [0.1, 0.15) is 11.6 Å². The van der Waals surface area contributed by atoms with E-state index in [1.54, 1.807) is 6.92 Å². The van der Waals surface area contributed by atoms with Gasteiger partial charge >= 0.3 is 0 Å². The number of rotatable bonds is 12. The number of hydrogen-bond donors (Lipinski definition) is 2. The summed E-state index contributed by atoms with van der Waals surface area (Å²) in [6, 6.07) is 8.18. The first kappa shape index (κ1) is 82.4. The zero-order valence-corrected chi connectivity index (χ0v) is 60.1. The maximum Gasteiger partial charge on any atom is 0.248 e. The lowest BCUT2D eigenvalue weighted by molar-refractivity contribution is -0.117. The highest BCUT2D eigenvalue weighted by atomic mass is 19.3. The fraction of sp³-hybridized carbons (Fsp3) is 0.905. The molecule has 0 amide bonds. The summed E-state index contributed by atoms with van der Waals surface area (Å²) in [6.45, 7) is 54.0. The summed E-state index contributed by atoms with van der Waals surface area (Å²) in [5.41, 5.74) is 1.93. The van der Waals surface area contributed by atoms with Crippen molar-refractivity contribution in [3.63, 3.8) is 0 Å². The average molecular weight is 1220 g/mol. The van der Waals surface area contributed by atoms with Crippen LogP contribution in [0.3, 0.4) is 0 Å². The second kappa shape index (κ2) is 44.8. The maximum atomic E-state index is 12.8. The third-order valence-corrected chi connectivity index (χ3v) is 20.0. The van der Waals surface area contributed by atoms with E-state index in [-0.39, 0.29) is 30.7 Å². The van der Waals surface area contributed by atoms with Gasteiger partial charge in [0.05, 0.1) is 25.9 Å². The Bertz CT molecular complexity index is 1790. The number of aliphatic hydroxyl groups excluding tert-OH is 2. The average Bonchev–Trinajstić information content (AvgIpc) is 3.94. The van der Waals surface area contributed by atoms with Gasteiger partial charge in [-0.05, 0) is 216 Å². The number of Topliss-reactive ketones (excluding diaryl/α,β-unsaturated/α-hetero) is 1. The lowest BCUT2D eigenvalue weighted by atomic mass is 9.94. The summed E-state index contributed by atoms with van der Waals surface area (Å²) >= 11 is 0. The van der Waals surface area contributed by atoms with E-state index in [9.17, 15) is 18.0 Å². The van der Waals surface area contributed by atoms with Gasteiger partial charge in [-0.15, -0.1) is 0 Å². The number of carbonyl (C=O) groups excluding carboxylic acids is 1. The third kappa shape index (κ3) is 37.0. The highest BCUT2D eigenvalue weighted by Gasteiger charge is 2.40. The van der Waals surface area contributed by atoms with Crippen LogP contribution < -0.4 is 0 Å². The van der Waals surface area contributed by atoms with E-state index in [0.717, 1.165) is 144 Å². The van der Waals surface area contributed by atoms with Crippen molar-refractivity contribution in [2.75, 3.05) is 92.8 Å². The van der Waals surface area contributed by atoms with E-state index < -0.39 is 5.92 Å². The molecule has 4 atom stereocenters. The van der Waals surface area contributed by atoms with Crippen molar-refractivity contribution in [2.24, 2.45) is 59.2 Å². The molecule has 86 heavy (non-hydrogen) atoms. The van der Waals surface area contributed by atoms with Crippen LogP contribution in [0.15, 0.2) is 18.2 Å². The van der Waals surface area contributed by atoms with Crippen LogP contribution in [0.25, 0.3) is 0 Å². The standard InChI is InChI=1S/C10H13F.C10H22N2.C9H20N2O.C8H14F2.C8H16O.C8H14O.C8H16.C7H15NO.C6H12/c1-7(2)9-4-5-10(11)8(3)6-9;1-9(2)12-7-5-10(6-8-12)11(3)4;1-9(2)11-5-3-10(4-6-11)7-8-12;1-6(2)7-3-4-8(9,10)5-7;2*1-6(2)7-3-4-8(9)5-7;1-7(2)8-5-3-4-6-8;1-7(2)8-3-5-9-6-4-8;1-5(2)6-3-4-6/h4-7H,1-3H3;9-10H,5-8H2,1-4H3;9,12H,3-8H2,1-2H3;6-7H,3-5H2,1-2H3;6-9H,3-5H2,1-2H3;6-7H,3-5H2,1-2H3;7-8H,3-6H2,1-2H3;7H,3-6H2,1-2H3;5-6H,3-4H2,1-2H3. The van der Waals surface area contributed by atoms with Gasteiger partial charge in [-0.3, -0.25) is 19.5 Å². The summed E-state index contributed by atoms with van der Waals surface area (Å²) in [7, 11) is 4.38. The summed E-state index contributed by atoms with van der Waals surface area (Å²) in [5, 5.41) is 17.9. The largest absolute Gasteiger partial charge is 0.395 e. The molecule has 1 aromatic carbocycles. The number of likely N-dealkylation sites (tertiary alicyclic amines) is 1. The van der Waals surface area contributed by atoms with E-state index in [1.165, 1.54) is 82.5 Å². The van der Waals surface area contributed by atoms with Crippen molar-refractivity contribution in [1.29, 1.82) is 0 Å². The first-order chi connectivity index (χ1) is 40.3. The normalized spacial score (nSPS) is 24.0. The highest BCUT2D eigenvalue weighted by Crippen LogP contribution is 2.42. The monoisotopic (exact) mass is 1220 g/mol. The number of β-amino-alcohol motifs (C(OH)–C–C–N with tert-alkyl or cyclic N) is 1. The summed E-state index contributed by atoms with van der Waals surface area (Å²) < 4.78 is 43.1. The molecule has 2 N–H and O–H groups in total. The van der Waals surface area contributed by atoms with Crippen molar-refractivity contribution >= 4 is 5.78 Å². The Morgan fingerprint density at radius 1 is 0.581 bits per heavy atom. The minimum atomic E-state index is -2.35. The van der Waals surface area contributed by atoms with E-state index >= 15 is 0 Å². The number of morpholine rings is 1. The van der Waals surface area contributed by atoms with Crippen LogP contribution >= 0.6 is 0 Å². The summed E-state index contributed by atoms with van der Waals surface area (Å²) in [4.78, 5) is 22.9. The van der Waals surface area contributed by atoms with E-state index in [1.807, 2.05) is 26.0 Å². The molecule has 9 rings (SSSR count). The van der Waals surface area contributed by atoms with E-state index in [0.29, 0.717) is 54.6 Å². The molecule has 0 bridgehead atoms. The molecule has 5 saturated carbocycles. The molecule has 3 aliphatic heterocycles. The molecule has 0 aromatic heterocycles. The predicted octanol–water partition coefficient (Wildman–Crippen LogP) is 17.2. The SMILES string of the molecule is CC(C)C1CC1.CC(C)C1CCC(=O)C1.CC(C)C1CCC(F)(F)C1.CC(C)C1CCC(O)C1.CC(C)C1CCCC1.CC(C)N1CCC(N(C)C)CC1.CC(C)N1CCN(CCO)CC1.CC(C)N1CCOCC1.Cc1cc(C(C)C)ccc1F. The molecule has 9 nitrogen and oxygen atoms in total. The molecule has 3 saturated heterocycles. The highest BCUT2D eigenvalue weighted by molar-refractivity contribution is 5.80. The number of alkyl halides is 2. The molecule has 4 unspecified atom stereocenters. The second-order valence-corrected chi connectivity index (χ2v) is 30.2. The van der Waals surface area contributed by atoms with Gasteiger partial charge in [-0.2, -0.15) is 0 Å². The van der Waals surface area contributed by atoms with Crippen LogP contribution in [0.5, 0.6) is 0 Å². The number of piperidine rings is 1. The molecule has 1 aromatic rings. The minimum absolute atomic E-state index is 0.0115.